The second-order valence-electron chi connectivity index (χ2n) is 7.47. The average molecular weight is 322 g/mol. The third-order valence-corrected chi connectivity index (χ3v) is 4.34. The number of carbonyl (C=O) groups excluding carboxylic acids is 1. The van der Waals surface area contributed by atoms with Gasteiger partial charge in [0.2, 0.25) is 0 Å². The Morgan fingerprint density at radius 3 is 2.91 bits per heavy atom. The molecule has 1 aliphatic heterocycles. The van der Waals surface area contributed by atoms with Gasteiger partial charge >= 0.3 is 6.09 Å². The second-order valence-corrected chi connectivity index (χ2v) is 7.47. The fraction of sp³-hybridized carbons (Fsp3) is 0.765. The summed E-state index contributed by atoms with van der Waals surface area (Å²) < 4.78 is 5.49. The molecule has 23 heavy (non-hydrogen) atoms. The van der Waals surface area contributed by atoms with Crippen molar-refractivity contribution < 1.29 is 9.53 Å². The standard InChI is InChI=1S/C17H30N4O2/c1-12(18-9-15-13(2)19-11-20-15)14-7-6-8-21(10-14)16(22)23-17(3,4)5/h11-12,14,18H,6-10H2,1-5H3,(H,19,20). The van der Waals surface area contributed by atoms with Crippen molar-refractivity contribution in [3.8, 4) is 0 Å². The van der Waals surface area contributed by atoms with E-state index in [1.165, 1.54) is 0 Å². The van der Waals surface area contributed by atoms with Gasteiger partial charge < -0.3 is 19.9 Å². The van der Waals surface area contributed by atoms with Gasteiger partial charge in [-0.1, -0.05) is 0 Å². The van der Waals surface area contributed by atoms with Crippen molar-refractivity contribution >= 4 is 6.09 Å². The summed E-state index contributed by atoms with van der Waals surface area (Å²) >= 11 is 0. The Bertz CT molecular complexity index is 521. The molecule has 0 bridgehead atoms. The molecule has 0 saturated carbocycles. The molecular formula is C17H30N4O2. The fourth-order valence-corrected chi connectivity index (χ4v) is 2.90. The van der Waals surface area contributed by atoms with Crippen LogP contribution < -0.4 is 5.32 Å². The Balaban J connectivity index is 1.85. The number of aromatic nitrogens is 2. The zero-order valence-electron chi connectivity index (χ0n) is 15.0. The first kappa shape index (κ1) is 17.8. The molecule has 6 heteroatoms. The predicted octanol–water partition coefficient (Wildman–Crippen LogP) is 2.84. The van der Waals surface area contributed by atoms with Gasteiger partial charge in [0.15, 0.2) is 0 Å². The maximum absolute atomic E-state index is 12.2. The van der Waals surface area contributed by atoms with E-state index in [4.69, 9.17) is 4.74 Å². The van der Waals surface area contributed by atoms with Crippen LogP contribution in [0, 0.1) is 12.8 Å². The van der Waals surface area contributed by atoms with Gasteiger partial charge in [-0.15, -0.1) is 0 Å². The van der Waals surface area contributed by atoms with E-state index in [1.807, 2.05) is 32.6 Å². The molecule has 2 unspecified atom stereocenters. The van der Waals surface area contributed by atoms with Gasteiger partial charge in [-0.3, -0.25) is 0 Å². The molecule has 0 radical (unpaired) electrons. The van der Waals surface area contributed by atoms with Crippen LogP contribution in [-0.4, -0.2) is 45.7 Å². The molecule has 2 rings (SSSR count). The number of rotatable bonds is 4. The number of amides is 1. The maximum atomic E-state index is 12.2. The Labute approximate surface area is 139 Å². The number of H-pyrrole nitrogens is 1. The highest BCUT2D eigenvalue weighted by molar-refractivity contribution is 5.68. The Morgan fingerprint density at radius 2 is 2.30 bits per heavy atom. The van der Waals surface area contributed by atoms with Crippen molar-refractivity contribution in [3.63, 3.8) is 0 Å². The lowest BCUT2D eigenvalue weighted by molar-refractivity contribution is 0.0148. The van der Waals surface area contributed by atoms with E-state index < -0.39 is 5.60 Å². The number of aryl methyl sites for hydroxylation is 1. The van der Waals surface area contributed by atoms with E-state index in [1.54, 1.807) is 6.33 Å². The number of hydrogen-bond acceptors (Lipinski definition) is 4. The van der Waals surface area contributed by atoms with Crippen molar-refractivity contribution in [2.24, 2.45) is 5.92 Å². The molecule has 2 heterocycles. The van der Waals surface area contributed by atoms with Crippen molar-refractivity contribution in [2.45, 2.75) is 65.6 Å². The molecule has 1 fully saturated rings. The molecule has 2 atom stereocenters. The van der Waals surface area contributed by atoms with Crippen LogP contribution in [0.2, 0.25) is 0 Å². The van der Waals surface area contributed by atoms with Gasteiger partial charge in [0.05, 0.1) is 12.0 Å². The van der Waals surface area contributed by atoms with Gasteiger partial charge in [0.25, 0.3) is 0 Å². The molecule has 1 aromatic rings. The topological polar surface area (TPSA) is 70.2 Å². The number of aromatic amines is 1. The molecule has 0 aromatic carbocycles. The largest absolute Gasteiger partial charge is 0.444 e. The third-order valence-electron chi connectivity index (χ3n) is 4.34. The van der Waals surface area contributed by atoms with E-state index in [0.29, 0.717) is 12.0 Å². The highest BCUT2D eigenvalue weighted by atomic mass is 16.6. The van der Waals surface area contributed by atoms with Crippen LogP contribution in [0.3, 0.4) is 0 Å². The lowest BCUT2D eigenvalue weighted by Crippen LogP contribution is -2.47. The van der Waals surface area contributed by atoms with E-state index in [-0.39, 0.29) is 6.09 Å². The number of likely N-dealkylation sites (tertiary alicyclic amines) is 1. The van der Waals surface area contributed by atoms with Crippen molar-refractivity contribution in [3.05, 3.63) is 17.7 Å². The maximum Gasteiger partial charge on any atom is 0.410 e. The van der Waals surface area contributed by atoms with Crippen molar-refractivity contribution in [1.29, 1.82) is 0 Å². The van der Waals surface area contributed by atoms with Crippen LogP contribution in [0.1, 0.15) is 51.9 Å². The summed E-state index contributed by atoms with van der Waals surface area (Å²) in [5, 5.41) is 3.54. The normalized spacial score (nSPS) is 20.4. The average Bonchev–Trinajstić information content (AvgIpc) is 2.88. The molecule has 0 aliphatic carbocycles. The summed E-state index contributed by atoms with van der Waals surface area (Å²) in [5.41, 5.74) is 1.71. The van der Waals surface area contributed by atoms with E-state index >= 15 is 0 Å². The minimum atomic E-state index is -0.439. The molecule has 1 saturated heterocycles. The summed E-state index contributed by atoms with van der Waals surface area (Å²) in [6.07, 6.45) is 3.68. The number of nitrogens with one attached hydrogen (secondary N) is 2. The first-order chi connectivity index (χ1) is 10.8. The smallest absolute Gasteiger partial charge is 0.410 e. The number of hydrogen-bond donors (Lipinski definition) is 2. The van der Waals surface area contributed by atoms with Gasteiger partial charge in [0.1, 0.15) is 5.60 Å². The zero-order chi connectivity index (χ0) is 17.0. The van der Waals surface area contributed by atoms with Crippen LogP contribution in [0.4, 0.5) is 4.79 Å². The van der Waals surface area contributed by atoms with Crippen molar-refractivity contribution in [1.82, 2.24) is 20.2 Å². The minimum Gasteiger partial charge on any atom is -0.444 e. The van der Waals surface area contributed by atoms with Gasteiger partial charge in [-0.2, -0.15) is 0 Å². The third kappa shape index (κ3) is 5.23. The quantitative estimate of drug-likeness (QED) is 0.894. The van der Waals surface area contributed by atoms with Gasteiger partial charge in [-0.05, 0) is 53.4 Å². The van der Waals surface area contributed by atoms with Crippen molar-refractivity contribution in [2.75, 3.05) is 13.1 Å². The summed E-state index contributed by atoms with van der Waals surface area (Å²) in [5.74, 6) is 0.440. The summed E-state index contributed by atoms with van der Waals surface area (Å²) in [6, 6.07) is 0.330. The number of carbonyl (C=O) groups is 1. The molecule has 2 N–H and O–H groups in total. The molecule has 1 amide bonds. The van der Waals surface area contributed by atoms with Gasteiger partial charge in [0, 0.05) is 31.4 Å². The number of ether oxygens (including phenoxy) is 1. The fourth-order valence-electron chi connectivity index (χ4n) is 2.90. The molecule has 130 valence electrons. The Kier molecular flexibility index (Phi) is 5.68. The summed E-state index contributed by atoms with van der Waals surface area (Å²) in [7, 11) is 0. The summed E-state index contributed by atoms with van der Waals surface area (Å²) in [6.45, 7) is 12.2. The van der Waals surface area contributed by atoms with Crippen LogP contribution >= 0.6 is 0 Å². The molecule has 0 spiro atoms. The number of imidazole rings is 1. The highest BCUT2D eigenvalue weighted by Crippen LogP contribution is 2.22. The van der Waals surface area contributed by atoms with E-state index in [9.17, 15) is 4.79 Å². The van der Waals surface area contributed by atoms with Crippen LogP contribution in [0.5, 0.6) is 0 Å². The number of piperidine rings is 1. The second kappa shape index (κ2) is 7.34. The van der Waals surface area contributed by atoms with Crippen LogP contribution in [-0.2, 0) is 11.3 Å². The zero-order valence-corrected chi connectivity index (χ0v) is 15.0. The molecule has 1 aromatic heterocycles. The first-order valence-electron chi connectivity index (χ1n) is 8.46. The van der Waals surface area contributed by atoms with Crippen LogP contribution in [0.25, 0.3) is 0 Å². The minimum absolute atomic E-state index is 0.197. The molecule has 1 aliphatic rings. The number of nitrogens with zero attached hydrogens (tertiary/aromatic N) is 2. The molecular weight excluding hydrogens is 292 g/mol. The van der Waals surface area contributed by atoms with E-state index in [2.05, 4.69) is 22.2 Å². The van der Waals surface area contributed by atoms with E-state index in [0.717, 1.165) is 43.9 Å². The summed E-state index contributed by atoms with van der Waals surface area (Å²) in [4.78, 5) is 21.5. The van der Waals surface area contributed by atoms with Crippen LogP contribution in [0.15, 0.2) is 6.33 Å². The van der Waals surface area contributed by atoms with Gasteiger partial charge in [-0.25, -0.2) is 9.78 Å². The SMILES string of the molecule is Cc1[nH]cnc1CNC(C)C1CCCN(C(=O)OC(C)(C)C)C1. The monoisotopic (exact) mass is 322 g/mol. The first-order valence-corrected chi connectivity index (χ1v) is 8.46. The predicted molar refractivity (Wildman–Crippen MR) is 90.2 cm³/mol. The lowest BCUT2D eigenvalue weighted by atomic mass is 9.91. The molecule has 6 nitrogen and oxygen atoms in total. The Hall–Kier alpha value is -1.56. The lowest BCUT2D eigenvalue weighted by Gasteiger charge is -2.36. The Morgan fingerprint density at radius 1 is 1.57 bits per heavy atom. The highest BCUT2D eigenvalue weighted by Gasteiger charge is 2.30.